The van der Waals surface area contributed by atoms with Crippen LogP contribution in [0.25, 0.3) is 0 Å². The second kappa shape index (κ2) is 5.52. The Bertz CT molecular complexity index is 559. The number of carboxylic acids is 1. The second-order valence-corrected chi connectivity index (χ2v) is 6.21. The number of amides is 1. The first kappa shape index (κ1) is 15.0. The molecule has 4 nitrogen and oxygen atoms in total. The quantitative estimate of drug-likeness (QED) is 0.807. The SMILES string of the molecule is CC(Cc1cc(Br)ccc1F)(C(=O)O)C(=O)NC1CC1. The zero-order valence-electron chi connectivity index (χ0n) is 11.0. The van der Waals surface area contributed by atoms with E-state index in [1.807, 2.05) is 0 Å². The van der Waals surface area contributed by atoms with Crippen molar-refractivity contribution in [3.63, 3.8) is 0 Å². The van der Waals surface area contributed by atoms with E-state index >= 15 is 0 Å². The second-order valence-electron chi connectivity index (χ2n) is 5.30. The lowest BCUT2D eigenvalue weighted by atomic mass is 9.82. The molecule has 1 unspecified atom stereocenters. The zero-order chi connectivity index (χ0) is 14.9. The van der Waals surface area contributed by atoms with Gasteiger partial charge in [0.05, 0.1) is 0 Å². The van der Waals surface area contributed by atoms with Crippen LogP contribution in [0.3, 0.4) is 0 Å². The first-order valence-electron chi connectivity index (χ1n) is 6.31. The van der Waals surface area contributed by atoms with Crippen LogP contribution >= 0.6 is 15.9 Å². The van der Waals surface area contributed by atoms with Crippen molar-refractivity contribution < 1.29 is 19.1 Å². The molecule has 1 atom stereocenters. The average molecular weight is 344 g/mol. The topological polar surface area (TPSA) is 66.4 Å². The lowest BCUT2D eigenvalue weighted by Gasteiger charge is -2.24. The molecule has 1 saturated carbocycles. The van der Waals surface area contributed by atoms with Gasteiger partial charge in [-0.1, -0.05) is 15.9 Å². The molecule has 108 valence electrons. The van der Waals surface area contributed by atoms with E-state index in [0.29, 0.717) is 4.47 Å². The Kier molecular flexibility index (Phi) is 4.13. The molecule has 0 heterocycles. The van der Waals surface area contributed by atoms with Crippen molar-refractivity contribution in [2.75, 3.05) is 0 Å². The molecular formula is C14H15BrFNO3. The van der Waals surface area contributed by atoms with Crippen molar-refractivity contribution in [1.29, 1.82) is 0 Å². The third-order valence-corrected chi connectivity index (χ3v) is 3.93. The summed E-state index contributed by atoms with van der Waals surface area (Å²) < 4.78 is 14.4. The number of hydrogen-bond acceptors (Lipinski definition) is 2. The predicted molar refractivity (Wildman–Crippen MR) is 74.7 cm³/mol. The van der Waals surface area contributed by atoms with Gasteiger partial charge in [0.1, 0.15) is 11.2 Å². The van der Waals surface area contributed by atoms with Crippen molar-refractivity contribution in [2.45, 2.75) is 32.2 Å². The molecule has 6 heteroatoms. The minimum atomic E-state index is -1.68. The van der Waals surface area contributed by atoms with Crippen LogP contribution in [0.2, 0.25) is 0 Å². The number of rotatable bonds is 5. The fraction of sp³-hybridized carbons (Fsp3) is 0.429. The summed E-state index contributed by atoms with van der Waals surface area (Å²) in [7, 11) is 0. The number of halogens is 2. The molecule has 2 N–H and O–H groups in total. The van der Waals surface area contributed by atoms with Crippen LogP contribution in [-0.2, 0) is 16.0 Å². The molecule has 0 aromatic heterocycles. The Balaban J connectivity index is 2.25. The van der Waals surface area contributed by atoms with Gasteiger partial charge in [-0.05, 0) is 43.5 Å². The van der Waals surface area contributed by atoms with Gasteiger partial charge in [0.25, 0.3) is 0 Å². The Labute approximate surface area is 124 Å². The highest BCUT2D eigenvalue weighted by Crippen LogP contribution is 2.29. The monoisotopic (exact) mass is 343 g/mol. The Hall–Kier alpha value is -1.43. The van der Waals surface area contributed by atoms with Crippen molar-refractivity contribution >= 4 is 27.8 Å². The summed E-state index contributed by atoms with van der Waals surface area (Å²) in [6.45, 7) is 1.33. The summed E-state index contributed by atoms with van der Waals surface area (Å²) in [5, 5.41) is 12.0. The normalized spacial score (nSPS) is 17.4. The summed E-state index contributed by atoms with van der Waals surface area (Å²) in [5.41, 5.74) is -1.47. The lowest BCUT2D eigenvalue weighted by Crippen LogP contribution is -2.46. The Morgan fingerprint density at radius 1 is 1.50 bits per heavy atom. The zero-order valence-corrected chi connectivity index (χ0v) is 12.5. The maximum atomic E-state index is 13.8. The number of aliphatic carboxylic acids is 1. The van der Waals surface area contributed by atoms with Crippen molar-refractivity contribution in [2.24, 2.45) is 5.41 Å². The van der Waals surface area contributed by atoms with Crippen molar-refractivity contribution in [1.82, 2.24) is 5.32 Å². The van der Waals surface area contributed by atoms with Crippen molar-refractivity contribution in [3.8, 4) is 0 Å². The van der Waals surface area contributed by atoms with E-state index in [1.54, 1.807) is 0 Å². The van der Waals surface area contributed by atoms with Gasteiger partial charge in [-0.3, -0.25) is 9.59 Å². The van der Waals surface area contributed by atoms with Gasteiger partial charge in [-0.15, -0.1) is 0 Å². The summed E-state index contributed by atoms with van der Waals surface area (Å²) in [5.74, 6) is -2.33. The van der Waals surface area contributed by atoms with E-state index < -0.39 is 23.1 Å². The molecule has 0 spiro atoms. The fourth-order valence-corrected chi connectivity index (χ4v) is 2.29. The van der Waals surface area contributed by atoms with Crippen LogP contribution in [0.1, 0.15) is 25.3 Å². The van der Waals surface area contributed by atoms with E-state index in [1.165, 1.54) is 25.1 Å². The standard InChI is InChI=1S/C14H15BrFNO3/c1-14(13(19)20,12(18)17-10-3-4-10)7-8-6-9(15)2-5-11(8)16/h2,5-6,10H,3-4,7H2,1H3,(H,17,18)(H,19,20). The highest BCUT2D eigenvalue weighted by molar-refractivity contribution is 9.10. The van der Waals surface area contributed by atoms with Gasteiger partial charge in [0.15, 0.2) is 0 Å². The van der Waals surface area contributed by atoms with Crippen molar-refractivity contribution in [3.05, 3.63) is 34.1 Å². The summed E-state index contributed by atoms with van der Waals surface area (Å²) in [6, 6.07) is 4.34. The Morgan fingerprint density at radius 3 is 2.70 bits per heavy atom. The van der Waals surface area contributed by atoms with Crippen LogP contribution in [0.5, 0.6) is 0 Å². The number of hydrogen-bond donors (Lipinski definition) is 2. The molecule has 1 aliphatic carbocycles. The molecular weight excluding hydrogens is 329 g/mol. The number of carbonyl (C=O) groups is 2. The Morgan fingerprint density at radius 2 is 2.15 bits per heavy atom. The number of nitrogens with one attached hydrogen (secondary N) is 1. The number of carbonyl (C=O) groups excluding carboxylic acids is 1. The molecule has 1 aromatic carbocycles. The fourth-order valence-electron chi connectivity index (χ4n) is 1.89. The maximum absolute atomic E-state index is 13.8. The van der Waals surface area contributed by atoms with E-state index in [2.05, 4.69) is 21.2 Å². The molecule has 20 heavy (non-hydrogen) atoms. The van der Waals surface area contributed by atoms with E-state index in [-0.39, 0.29) is 18.0 Å². The maximum Gasteiger partial charge on any atom is 0.319 e. The van der Waals surface area contributed by atoms with E-state index in [0.717, 1.165) is 12.8 Å². The largest absolute Gasteiger partial charge is 0.480 e. The molecule has 1 fully saturated rings. The molecule has 2 rings (SSSR count). The summed E-state index contributed by atoms with van der Waals surface area (Å²) >= 11 is 3.21. The van der Waals surface area contributed by atoms with Crippen LogP contribution in [0, 0.1) is 11.2 Å². The molecule has 1 aliphatic rings. The van der Waals surface area contributed by atoms with Gasteiger partial charge >= 0.3 is 5.97 Å². The smallest absolute Gasteiger partial charge is 0.319 e. The minimum Gasteiger partial charge on any atom is -0.480 e. The minimum absolute atomic E-state index is 0.0635. The van der Waals surface area contributed by atoms with Gasteiger partial charge in [-0.2, -0.15) is 0 Å². The molecule has 0 radical (unpaired) electrons. The van der Waals surface area contributed by atoms with Crippen LogP contribution in [0.4, 0.5) is 4.39 Å². The first-order chi connectivity index (χ1) is 9.33. The molecule has 0 bridgehead atoms. The average Bonchev–Trinajstić information content (AvgIpc) is 3.17. The van der Waals surface area contributed by atoms with Crippen LogP contribution in [-0.4, -0.2) is 23.0 Å². The summed E-state index contributed by atoms with van der Waals surface area (Å²) in [4.78, 5) is 23.6. The number of benzene rings is 1. The third-order valence-electron chi connectivity index (χ3n) is 3.44. The van der Waals surface area contributed by atoms with E-state index in [9.17, 15) is 19.1 Å². The molecule has 0 aliphatic heterocycles. The van der Waals surface area contributed by atoms with Gasteiger partial charge in [-0.25, -0.2) is 4.39 Å². The lowest BCUT2D eigenvalue weighted by molar-refractivity contribution is -0.154. The molecule has 1 amide bonds. The first-order valence-corrected chi connectivity index (χ1v) is 7.10. The van der Waals surface area contributed by atoms with Gasteiger partial charge in [0.2, 0.25) is 5.91 Å². The van der Waals surface area contributed by atoms with E-state index in [4.69, 9.17) is 0 Å². The molecule has 1 aromatic rings. The van der Waals surface area contributed by atoms with Gasteiger partial charge in [0, 0.05) is 16.9 Å². The van der Waals surface area contributed by atoms with Gasteiger partial charge < -0.3 is 10.4 Å². The van der Waals surface area contributed by atoms with Crippen LogP contribution < -0.4 is 5.32 Å². The highest BCUT2D eigenvalue weighted by Gasteiger charge is 2.43. The summed E-state index contributed by atoms with van der Waals surface area (Å²) in [6.07, 6.45) is 1.55. The van der Waals surface area contributed by atoms with Crippen LogP contribution in [0.15, 0.2) is 22.7 Å². The highest BCUT2D eigenvalue weighted by atomic mass is 79.9. The number of carboxylic acid groups (broad SMARTS) is 1. The predicted octanol–water partition coefficient (Wildman–Crippen LogP) is 2.50. The molecule has 0 saturated heterocycles. The third kappa shape index (κ3) is 3.17.